The quantitative estimate of drug-likeness (QED) is 0.894. The molecule has 19 heavy (non-hydrogen) atoms. The highest BCUT2D eigenvalue weighted by Gasteiger charge is 2.23. The zero-order valence-electron chi connectivity index (χ0n) is 11.0. The molecule has 1 aliphatic rings. The van der Waals surface area contributed by atoms with Gasteiger partial charge in [-0.05, 0) is 12.5 Å². The van der Waals surface area contributed by atoms with Crippen molar-refractivity contribution in [1.29, 1.82) is 0 Å². The molecule has 1 saturated heterocycles. The summed E-state index contributed by atoms with van der Waals surface area (Å²) in [6, 6.07) is 8.46. The standard InChI is InChI=1S/C14H18N2O3/c1-11(17)13(12-5-3-2-4-6-12)15-14(18)16-7-9-19-10-8-16/h2-6,13H,7-10H2,1H3,(H,15,18)/t13-/m0/s1. The van der Waals surface area contributed by atoms with Crippen molar-refractivity contribution in [3.8, 4) is 0 Å². The number of ketones is 1. The highest BCUT2D eigenvalue weighted by atomic mass is 16.5. The molecule has 2 rings (SSSR count). The molecule has 0 bridgehead atoms. The van der Waals surface area contributed by atoms with Crippen molar-refractivity contribution >= 4 is 11.8 Å². The van der Waals surface area contributed by atoms with Crippen LogP contribution < -0.4 is 5.32 Å². The number of Topliss-reactive ketones (excluding diaryl/α,β-unsaturated/α-hetero) is 1. The molecule has 5 heteroatoms. The Balaban J connectivity index is 2.04. The van der Waals surface area contributed by atoms with Gasteiger partial charge in [0.15, 0.2) is 5.78 Å². The molecule has 2 amide bonds. The van der Waals surface area contributed by atoms with E-state index in [1.165, 1.54) is 6.92 Å². The zero-order valence-corrected chi connectivity index (χ0v) is 11.0. The van der Waals surface area contributed by atoms with E-state index in [-0.39, 0.29) is 11.8 Å². The summed E-state index contributed by atoms with van der Waals surface area (Å²) in [6.45, 7) is 3.70. The van der Waals surface area contributed by atoms with Gasteiger partial charge in [-0.15, -0.1) is 0 Å². The van der Waals surface area contributed by atoms with Crippen molar-refractivity contribution < 1.29 is 14.3 Å². The van der Waals surface area contributed by atoms with Crippen molar-refractivity contribution in [3.05, 3.63) is 35.9 Å². The molecule has 1 aliphatic heterocycles. The van der Waals surface area contributed by atoms with E-state index < -0.39 is 6.04 Å². The minimum atomic E-state index is -0.587. The van der Waals surface area contributed by atoms with Crippen LogP contribution in [0.3, 0.4) is 0 Å². The second kappa shape index (κ2) is 6.33. The predicted octanol–water partition coefficient (Wildman–Crippen LogP) is 1.36. The lowest BCUT2D eigenvalue weighted by Crippen LogP contribution is -2.48. The SMILES string of the molecule is CC(=O)[C@H](NC(=O)N1CCOCC1)c1ccccc1. The maximum Gasteiger partial charge on any atom is 0.318 e. The van der Waals surface area contributed by atoms with E-state index in [1.54, 1.807) is 4.90 Å². The zero-order chi connectivity index (χ0) is 13.7. The van der Waals surface area contributed by atoms with E-state index in [2.05, 4.69) is 5.32 Å². The number of ether oxygens (including phenoxy) is 1. The third-order valence-corrected chi connectivity index (χ3v) is 3.11. The van der Waals surface area contributed by atoms with Gasteiger partial charge in [-0.3, -0.25) is 4.79 Å². The van der Waals surface area contributed by atoms with Crippen LogP contribution in [-0.4, -0.2) is 43.0 Å². The van der Waals surface area contributed by atoms with Gasteiger partial charge in [0.1, 0.15) is 6.04 Å². The van der Waals surface area contributed by atoms with E-state index in [0.29, 0.717) is 26.3 Å². The topological polar surface area (TPSA) is 58.6 Å². The van der Waals surface area contributed by atoms with Gasteiger partial charge in [0.2, 0.25) is 0 Å². The molecule has 0 unspecified atom stereocenters. The van der Waals surface area contributed by atoms with Crippen LogP contribution in [0, 0.1) is 0 Å². The van der Waals surface area contributed by atoms with Crippen LogP contribution in [-0.2, 0) is 9.53 Å². The molecule has 5 nitrogen and oxygen atoms in total. The summed E-state index contributed by atoms with van der Waals surface area (Å²) in [6.07, 6.45) is 0. The van der Waals surface area contributed by atoms with Crippen molar-refractivity contribution in [1.82, 2.24) is 10.2 Å². The lowest BCUT2D eigenvalue weighted by Gasteiger charge is -2.28. The molecule has 1 aromatic rings. The number of hydrogen-bond donors (Lipinski definition) is 1. The van der Waals surface area contributed by atoms with Crippen LogP contribution >= 0.6 is 0 Å². The molecule has 0 spiro atoms. The number of benzene rings is 1. The van der Waals surface area contributed by atoms with E-state index in [1.807, 2.05) is 30.3 Å². The van der Waals surface area contributed by atoms with Crippen LogP contribution in [0.1, 0.15) is 18.5 Å². The third-order valence-electron chi connectivity index (χ3n) is 3.11. The van der Waals surface area contributed by atoms with Gasteiger partial charge in [0.05, 0.1) is 13.2 Å². The summed E-state index contributed by atoms with van der Waals surface area (Å²) in [7, 11) is 0. The van der Waals surface area contributed by atoms with Crippen molar-refractivity contribution in [3.63, 3.8) is 0 Å². The maximum atomic E-state index is 12.1. The number of carbonyl (C=O) groups excluding carboxylic acids is 2. The summed E-state index contributed by atoms with van der Waals surface area (Å²) in [5, 5.41) is 2.78. The third kappa shape index (κ3) is 3.54. The number of carbonyl (C=O) groups is 2. The first-order chi connectivity index (χ1) is 9.18. The lowest BCUT2D eigenvalue weighted by atomic mass is 10.0. The van der Waals surface area contributed by atoms with Gasteiger partial charge < -0.3 is 15.0 Å². The van der Waals surface area contributed by atoms with Crippen molar-refractivity contribution in [2.24, 2.45) is 0 Å². The number of nitrogens with one attached hydrogen (secondary N) is 1. The summed E-state index contributed by atoms with van der Waals surface area (Å²) in [4.78, 5) is 25.5. The number of rotatable bonds is 3. The molecule has 102 valence electrons. The Labute approximate surface area is 112 Å². The highest BCUT2D eigenvalue weighted by Crippen LogP contribution is 2.14. The number of hydrogen-bond acceptors (Lipinski definition) is 3. The van der Waals surface area contributed by atoms with Gasteiger partial charge >= 0.3 is 6.03 Å². The summed E-state index contributed by atoms with van der Waals surface area (Å²) in [5.74, 6) is -0.0761. The van der Waals surface area contributed by atoms with Gasteiger partial charge in [-0.1, -0.05) is 30.3 Å². The molecule has 1 N–H and O–H groups in total. The first-order valence-electron chi connectivity index (χ1n) is 6.37. The minimum absolute atomic E-state index is 0.0761. The minimum Gasteiger partial charge on any atom is -0.378 e. The number of morpholine rings is 1. The van der Waals surface area contributed by atoms with Gasteiger partial charge in [-0.2, -0.15) is 0 Å². The van der Waals surface area contributed by atoms with Crippen LogP contribution in [0.4, 0.5) is 4.79 Å². The average molecular weight is 262 g/mol. The molecule has 1 atom stereocenters. The monoisotopic (exact) mass is 262 g/mol. The Morgan fingerprint density at radius 2 is 1.84 bits per heavy atom. The van der Waals surface area contributed by atoms with Crippen molar-refractivity contribution in [2.45, 2.75) is 13.0 Å². The van der Waals surface area contributed by atoms with E-state index in [9.17, 15) is 9.59 Å². The number of amides is 2. The Bertz CT molecular complexity index is 441. The maximum absolute atomic E-state index is 12.1. The molecular formula is C14H18N2O3. The molecule has 0 aromatic heterocycles. The number of nitrogens with zero attached hydrogens (tertiary/aromatic N) is 1. The molecule has 1 aromatic carbocycles. The normalized spacial score (nSPS) is 16.8. The molecule has 1 heterocycles. The number of urea groups is 1. The second-order valence-corrected chi connectivity index (χ2v) is 4.50. The van der Waals surface area contributed by atoms with Gasteiger partial charge in [0.25, 0.3) is 0 Å². The van der Waals surface area contributed by atoms with E-state index in [4.69, 9.17) is 4.74 Å². The second-order valence-electron chi connectivity index (χ2n) is 4.50. The summed E-state index contributed by atoms with van der Waals surface area (Å²) in [5.41, 5.74) is 0.802. The van der Waals surface area contributed by atoms with Crippen LogP contribution in [0.25, 0.3) is 0 Å². The Morgan fingerprint density at radius 1 is 1.21 bits per heavy atom. The lowest BCUT2D eigenvalue weighted by molar-refractivity contribution is -0.118. The van der Waals surface area contributed by atoms with Crippen molar-refractivity contribution in [2.75, 3.05) is 26.3 Å². The summed E-state index contributed by atoms with van der Waals surface area (Å²) < 4.78 is 5.20. The Hall–Kier alpha value is -1.88. The smallest absolute Gasteiger partial charge is 0.318 e. The summed E-state index contributed by atoms with van der Waals surface area (Å²) >= 11 is 0. The fourth-order valence-corrected chi connectivity index (χ4v) is 2.05. The van der Waals surface area contributed by atoms with E-state index in [0.717, 1.165) is 5.56 Å². The van der Waals surface area contributed by atoms with Crippen LogP contribution in [0.15, 0.2) is 30.3 Å². The molecule has 1 fully saturated rings. The highest BCUT2D eigenvalue weighted by molar-refractivity contribution is 5.88. The first kappa shape index (κ1) is 13.5. The van der Waals surface area contributed by atoms with E-state index >= 15 is 0 Å². The predicted molar refractivity (Wildman–Crippen MR) is 70.8 cm³/mol. The molecule has 0 aliphatic carbocycles. The largest absolute Gasteiger partial charge is 0.378 e. The van der Waals surface area contributed by atoms with Crippen LogP contribution in [0.5, 0.6) is 0 Å². The Kier molecular flexibility index (Phi) is 4.52. The average Bonchev–Trinajstić information content (AvgIpc) is 2.46. The fraction of sp³-hybridized carbons (Fsp3) is 0.429. The first-order valence-corrected chi connectivity index (χ1v) is 6.37. The molecular weight excluding hydrogens is 244 g/mol. The Morgan fingerprint density at radius 3 is 2.42 bits per heavy atom. The fourth-order valence-electron chi connectivity index (χ4n) is 2.05. The molecule has 0 saturated carbocycles. The van der Waals surface area contributed by atoms with Gasteiger partial charge in [0, 0.05) is 13.1 Å². The van der Waals surface area contributed by atoms with Gasteiger partial charge in [-0.25, -0.2) is 4.79 Å². The van der Waals surface area contributed by atoms with Crippen LogP contribution in [0.2, 0.25) is 0 Å². The molecule has 0 radical (unpaired) electrons.